The molecule has 2 N–H and O–H groups in total. The van der Waals surface area contributed by atoms with Crippen molar-refractivity contribution in [3.8, 4) is 5.75 Å². The molecular formula is C25H34IN7O. The lowest BCUT2D eigenvalue weighted by atomic mass is 10.1. The van der Waals surface area contributed by atoms with Gasteiger partial charge < -0.3 is 24.8 Å². The third-order valence-electron chi connectivity index (χ3n) is 6.08. The number of aryl methyl sites for hydroxylation is 1. The molecular weight excluding hydrogens is 541 g/mol. The first-order valence-corrected chi connectivity index (χ1v) is 11.4. The number of hydrogen-bond acceptors (Lipinski definition) is 5. The zero-order valence-corrected chi connectivity index (χ0v) is 22.4. The fourth-order valence-corrected chi connectivity index (χ4v) is 3.95. The second-order valence-electron chi connectivity index (χ2n) is 8.32. The summed E-state index contributed by atoms with van der Waals surface area (Å²) in [6, 6.07) is 19.1. The minimum absolute atomic E-state index is 0. The van der Waals surface area contributed by atoms with Crippen LogP contribution in [0.4, 0.5) is 5.69 Å². The van der Waals surface area contributed by atoms with Crippen molar-refractivity contribution in [1.29, 1.82) is 0 Å². The number of guanidine groups is 1. The van der Waals surface area contributed by atoms with Gasteiger partial charge in [-0.1, -0.05) is 30.3 Å². The maximum atomic E-state index is 5.25. The molecule has 1 saturated heterocycles. The zero-order chi connectivity index (χ0) is 23.0. The number of methoxy groups -OCH3 is 1. The van der Waals surface area contributed by atoms with Crippen molar-refractivity contribution >= 4 is 35.6 Å². The van der Waals surface area contributed by atoms with Crippen LogP contribution in [0.2, 0.25) is 0 Å². The number of aromatic nitrogens is 3. The van der Waals surface area contributed by atoms with Crippen molar-refractivity contribution < 1.29 is 4.74 Å². The average Bonchev–Trinajstić information content (AvgIpc) is 3.45. The molecule has 4 rings (SSSR count). The van der Waals surface area contributed by atoms with Gasteiger partial charge >= 0.3 is 0 Å². The number of aliphatic imine (C=N–C) groups is 1. The van der Waals surface area contributed by atoms with Crippen LogP contribution in [0.5, 0.6) is 5.75 Å². The molecule has 0 bridgehead atoms. The van der Waals surface area contributed by atoms with Crippen LogP contribution < -0.4 is 20.3 Å². The third-order valence-corrected chi connectivity index (χ3v) is 6.08. The lowest BCUT2D eigenvalue weighted by molar-refractivity contribution is 0.414. The summed E-state index contributed by atoms with van der Waals surface area (Å²) in [6.45, 7) is 5.19. The van der Waals surface area contributed by atoms with E-state index in [-0.39, 0.29) is 24.0 Å². The van der Waals surface area contributed by atoms with Crippen molar-refractivity contribution in [3.63, 3.8) is 0 Å². The van der Waals surface area contributed by atoms with E-state index < -0.39 is 0 Å². The van der Waals surface area contributed by atoms with Crippen molar-refractivity contribution in [3.05, 3.63) is 71.8 Å². The van der Waals surface area contributed by atoms with E-state index in [9.17, 15) is 0 Å². The molecule has 1 aromatic heterocycles. The Morgan fingerprint density at radius 3 is 2.56 bits per heavy atom. The van der Waals surface area contributed by atoms with E-state index in [0.717, 1.165) is 55.8 Å². The molecule has 182 valence electrons. The standard InChI is InChI=1S/C25H33N7O.HI/c1-19-29-30-24(31(19)2)17-27-25(26-15-13-20-9-11-23(33-3)12-10-20)28-21-14-16-32(18-21)22-7-5-4-6-8-22;/h4-12,21H,13-18H2,1-3H3,(H2,26,27,28);1H. The van der Waals surface area contributed by atoms with Crippen LogP contribution in [0.1, 0.15) is 23.6 Å². The molecule has 2 aromatic carbocycles. The van der Waals surface area contributed by atoms with Crippen LogP contribution in [-0.2, 0) is 20.0 Å². The first kappa shape index (κ1) is 25.8. The van der Waals surface area contributed by atoms with E-state index in [1.54, 1.807) is 7.11 Å². The number of nitrogens with one attached hydrogen (secondary N) is 2. The Balaban J connectivity index is 0.00000324. The molecule has 0 spiro atoms. The van der Waals surface area contributed by atoms with Gasteiger partial charge in [-0.2, -0.15) is 0 Å². The zero-order valence-electron chi connectivity index (χ0n) is 20.1. The third kappa shape index (κ3) is 6.85. The van der Waals surface area contributed by atoms with Crippen molar-refractivity contribution in [2.24, 2.45) is 12.0 Å². The number of para-hydroxylation sites is 1. The smallest absolute Gasteiger partial charge is 0.192 e. The topological polar surface area (TPSA) is 79.6 Å². The van der Waals surface area contributed by atoms with Gasteiger partial charge in [-0.25, -0.2) is 4.99 Å². The number of rotatable bonds is 8. The van der Waals surface area contributed by atoms with Crippen LogP contribution in [0.3, 0.4) is 0 Å². The maximum absolute atomic E-state index is 5.25. The van der Waals surface area contributed by atoms with Gasteiger partial charge in [0.2, 0.25) is 0 Å². The van der Waals surface area contributed by atoms with Gasteiger partial charge in [-0.3, -0.25) is 0 Å². The minimum Gasteiger partial charge on any atom is -0.497 e. The molecule has 0 radical (unpaired) electrons. The molecule has 0 amide bonds. The molecule has 1 unspecified atom stereocenters. The number of hydrogen-bond donors (Lipinski definition) is 2. The molecule has 1 aliphatic heterocycles. The summed E-state index contributed by atoms with van der Waals surface area (Å²) in [4.78, 5) is 7.24. The Bertz CT molecular complexity index is 1050. The SMILES string of the molecule is COc1ccc(CCNC(=NCc2nnc(C)n2C)NC2CCN(c3ccccc3)C2)cc1.I. The molecule has 1 atom stereocenters. The highest BCUT2D eigenvalue weighted by molar-refractivity contribution is 14.0. The Hall–Kier alpha value is -2.82. The van der Waals surface area contributed by atoms with Crippen molar-refractivity contribution in [2.45, 2.75) is 32.4 Å². The van der Waals surface area contributed by atoms with Crippen LogP contribution >= 0.6 is 24.0 Å². The van der Waals surface area contributed by atoms with E-state index in [0.29, 0.717) is 12.6 Å². The number of halogens is 1. The number of benzene rings is 2. The minimum atomic E-state index is 0. The summed E-state index contributed by atoms with van der Waals surface area (Å²) in [6.07, 6.45) is 1.96. The van der Waals surface area contributed by atoms with Gasteiger partial charge in [0.25, 0.3) is 0 Å². The van der Waals surface area contributed by atoms with Gasteiger partial charge in [0.15, 0.2) is 11.8 Å². The predicted octanol–water partition coefficient (Wildman–Crippen LogP) is 3.31. The van der Waals surface area contributed by atoms with Crippen molar-refractivity contribution in [1.82, 2.24) is 25.4 Å². The predicted molar refractivity (Wildman–Crippen MR) is 147 cm³/mol. The largest absolute Gasteiger partial charge is 0.497 e. The molecule has 1 fully saturated rings. The second-order valence-corrected chi connectivity index (χ2v) is 8.32. The van der Waals surface area contributed by atoms with Crippen LogP contribution in [0.25, 0.3) is 0 Å². The first-order valence-electron chi connectivity index (χ1n) is 11.4. The molecule has 1 aliphatic rings. The maximum Gasteiger partial charge on any atom is 0.192 e. The van der Waals surface area contributed by atoms with Gasteiger partial charge in [-0.05, 0) is 49.6 Å². The van der Waals surface area contributed by atoms with Crippen LogP contribution in [0, 0.1) is 6.92 Å². The lowest BCUT2D eigenvalue weighted by Crippen LogP contribution is -2.45. The summed E-state index contributed by atoms with van der Waals surface area (Å²) >= 11 is 0. The van der Waals surface area contributed by atoms with E-state index in [1.165, 1.54) is 11.3 Å². The highest BCUT2D eigenvalue weighted by Gasteiger charge is 2.23. The van der Waals surface area contributed by atoms with Gasteiger partial charge in [0.1, 0.15) is 18.1 Å². The molecule has 8 nitrogen and oxygen atoms in total. The normalized spacial score (nSPS) is 15.7. The van der Waals surface area contributed by atoms with Gasteiger partial charge in [0.05, 0.1) is 7.11 Å². The molecule has 2 heterocycles. The van der Waals surface area contributed by atoms with Gasteiger partial charge in [-0.15, -0.1) is 34.2 Å². The fraction of sp³-hybridized carbons (Fsp3) is 0.400. The number of anilines is 1. The van der Waals surface area contributed by atoms with Crippen LogP contribution in [-0.4, -0.2) is 53.5 Å². The quantitative estimate of drug-likeness (QED) is 0.244. The Morgan fingerprint density at radius 1 is 1.12 bits per heavy atom. The number of ether oxygens (including phenoxy) is 1. The lowest BCUT2D eigenvalue weighted by Gasteiger charge is -2.20. The molecule has 0 aliphatic carbocycles. The van der Waals surface area contributed by atoms with E-state index in [1.807, 2.05) is 30.7 Å². The summed E-state index contributed by atoms with van der Waals surface area (Å²) in [5.74, 6) is 3.42. The van der Waals surface area contributed by atoms with Gasteiger partial charge in [0, 0.05) is 38.4 Å². The molecule has 3 aromatic rings. The number of nitrogens with zero attached hydrogens (tertiary/aromatic N) is 5. The van der Waals surface area contributed by atoms with Crippen molar-refractivity contribution in [2.75, 3.05) is 31.6 Å². The summed E-state index contributed by atoms with van der Waals surface area (Å²) in [5.41, 5.74) is 2.52. The Labute approximate surface area is 218 Å². The molecule has 9 heteroatoms. The highest BCUT2D eigenvalue weighted by atomic mass is 127. The first-order chi connectivity index (χ1) is 16.1. The average molecular weight is 575 g/mol. The van der Waals surface area contributed by atoms with E-state index in [2.05, 4.69) is 68.2 Å². The second kappa shape index (κ2) is 12.6. The molecule has 34 heavy (non-hydrogen) atoms. The Kier molecular flexibility index (Phi) is 9.55. The van der Waals surface area contributed by atoms with E-state index >= 15 is 0 Å². The molecule has 0 saturated carbocycles. The van der Waals surface area contributed by atoms with Crippen LogP contribution in [0.15, 0.2) is 59.6 Å². The summed E-state index contributed by atoms with van der Waals surface area (Å²) in [5, 5.41) is 15.5. The van der Waals surface area contributed by atoms with E-state index in [4.69, 9.17) is 9.73 Å². The Morgan fingerprint density at radius 2 is 1.88 bits per heavy atom. The fourth-order valence-electron chi connectivity index (χ4n) is 3.95. The highest BCUT2D eigenvalue weighted by Crippen LogP contribution is 2.19. The summed E-state index contributed by atoms with van der Waals surface area (Å²) in [7, 11) is 3.66. The summed E-state index contributed by atoms with van der Waals surface area (Å²) < 4.78 is 7.23. The monoisotopic (exact) mass is 575 g/mol.